The van der Waals surface area contributed by atoms with E-state index in [1.807, 2.05) is 0 Å². The Morgan fingerprint density at radius 2 is 1.88 bits per heavy atom. The number of ketones is 1. The van der Waals surface area contributed by atoms with Gasteiger partial charge in [0, 0.05) is 16.4 Å². The van der Waals surface area contributed by atoms with E-state index in [-0.39, 0.29) is 16.9 Å². The number of carboxylic acid groups (broad SMARTS) is 1. The summed E-state index contributed by atoms with van der Waals surface area (Å²) in [6.07, 6.45) is 2.72. The molecular formula is C19H18ClNO5. The predicted octanol–water partition coefficient (Wildman–Crippen LogP) is 2.96. The standard InChI is InChI=1S/C19H18ClNO5/c1-10(22)8-9-14-17(19(25)26-3)16(12-6-4-5-7-13(12)20)15(18(23)24)11(2)21-14/h4-9,16,21H,1-3H3,(H,23,24)/b9-8+. The monoisotopic (exact) mass is 375 g/mol. The van der Waals surface area contributed by atoms with Crippen LogP contribution in [0.5, 0.6) is 0 Å². The predicted molar refractivity (Wildman–Crippen MR) is 96.5 cm³/mol. The lowest BCUT2D eigenvalue weighted by Gasteiger charge is -2.30. The second-order valence-electron chi connectivity index (χ2n) is 5.69. The first-order valence-corrected chi connectivity index (χ1v) is 8.12. The molecule has 1 aromatic carbocycles. The zero-order valence-corrected chi connectivity index (χ0v) is 15.3. The van der Waals surface area contributed by atoms with Gasteiger partial charge in [0.05, 0.1) is 24.2 Å². The van der Waals surface area contributed by atoms with Crippen LogP contribution in [-0.4, -0.2) is 29.9 Å². The minimum Gasteiger partial charge on any atom is -0.478 e. The number of esters is 1. The number of carboxylic acids is 1. The van der Waals surface area contributed by atoms with Gasteiger partial charge in [0.2, 0.25) is 0 Å². The van der Waals surface area contributed by atoms with Crippen molar-refractivity contribution in [3.05, 3.63) is 69.5 Å². The van der Waals surface area contributed by atoms with Crippen LogP contribution in [0, 0.1) is 0 Å². The number of hydrogen-bond donors (Lipinski definition) is 2. The van der Waals surface area contributed by atoms with Gasteiger partial charge in [-0.2, -0.15) is 0 Å². The second kappa shape index (κ2) is 8.01. The van der Waals surface area contributed by atoms with Crippen LogP contribution in [0.25, 0.3) is 0 Å². The molecule has 0 saturated heterocycles. The van der Waals surface area contributed by atoms with Crippen molar-refractivity contribution < 1.29 is 24.2 Å². The summed E-state index contributed by atoms with van der Waals surface area (Å²) in [5, 5.41) is 12.9. The number of allylic oxidation sites excluding steroid dienone is 3. The molecule has 0 spiro atoms. The highest BCUT2D eigenvalue weighted by Gasteiger charge is 2.38. The number of methoxy groups -OCH3 is 1. The maximum atomic E-state index is 12.5. The summed E-state index contributed by atoms with van der Waals surface area (Å²) in [4.78, 5) is 35.7. The van der Waals surface area contributed by atoms with Gasteiger partial charge in [-0.15, -0.1) is 0 Å². The fourth-order valence-corrected chi connectivity index (χ4v) is 3.07. The van der Waals surface area contributed by atoms with E-state index in [9.17, 15) is 19.5 Å². The van der Waals surface area contributed by atoms with E-state index in [1.165, 1.54) is 26.2 Å². The Morgan fingerprint density at radius 1 is 1.23 bits per heavy atom. The Labute approximate surface area is 155 Å². The molecule has 136 valence electrons. The molecule has 1 atom stereocenters. The smallest absolute Gasteiger partial charge is 0.336 e. The average Bonchev–Trinajstić information content (AvgIpc) is 2.58. The fourth-order valence-electron chi connectivity index (χ4n) is 2.83. The maximum Gasteiger partial charge on any atom is 0.336 e. The topological polar surface area (TPSA) is 92.7 Å². The van der Waals surface area contributed by atoms with E-state index in [0.29, 0.717) is 22.0 Å². The Bertz CT molecular complexity index is 866. The molecule has 6 nitrogen and oxygen atoms in total. The first kappa shape index (κ1) is 19.5. The Kier molecular flexibility index (Phi) is 6.00. The lowest BCUT2D eigenvalue weighted by atomic mass is 9.80. The summed E-state index contributed by atoms with van der Waals surface area (Å²) in [5.74, 6) is -3.06. The van der Waals surface area contributed by atoms with Crippen molar-refractivity contribution in [3.63, 3.8) is 0 Å². The summed E-state index contributed by atoms with van der Waals surface area (Å²) in [6.45, 7) is 2.96. The molecule has 0 fully saturated rings. The van der Waals surface area contributed by atoms with E-state index < -0.39 is 17.9 Å². The molecule has 1 unspecified atom stereocenters. The number of benzene rings is 1. The minimum absolute atomic E-state index is 0.0153. The van der Waals surface area contributed by atoms with E-state index in [0.717, 1.165) is 0 Å². The molecule has 0 amide bonds. The molecule has 0 aromatic heterocycles. The molecule has 2 N–H and O–H groups in total. The Hall–Kier alpha value is -2.86. The average molecular weight is 376 g/mol. The zero-order chi connectivity index (χ0) is 19.4. The molecule has 7 heteroatoms. The summed E-state index contributed by atoms with van der Waals surface area (Å²) >= 11 is 6.28. The minimum atomic E-state index is -1.18. The molecule has 1 aromatic rings. The van der Waals surface area contributed by atoms with Gasteiger partial charge in [0.15, 0.2) is 5.78 Å². The van der Waals surface area contributed by atoms with Gasteiger partial charge in [-0.1, -0.05) is 29.8 Å². The molecule has 0 radical (unpaired) electrons. The number of nitrogens with one attached hydrogen (secondary N) is 1. The highest BCUT2D eigenvalue weighted by atomic mass is 35.5. The Morgan fingerprint density at radius 3 is 2.42 bits per heavy atom. The summed E-state index contributed by atoms with van der Waals surface area (Å²) < 4.78 is 4.87. The van der Waals surface area contributed by atoms with Gasteiger partial charge in [0.25, 0.3) is 0 Å². The number of hydrogen-bond acceptors (Lipinski definition) is 5. The van der Waals surface area contributed by atoms with Gasteiger partial charge in [-0.05, 0) is 37.6 Å². The van der Waals surface area contributed by atoms with Crippen LogP contribution in [0.2, 0.25) is 5.02 Å². The molecule has 0 aliphatic carbocycles. The van der Waals surface area contributed by atoms with Gasteiger partial charge >= 0.3 is 11.9 Å². The lowest BCUT2D eigenvalue weighted by Crippen LogP contribution is -2.32. The summed E-state index contributed by atoms with van der Waals surface area (Å²) in [5.41, 5.74) is 1.15. The largest absolute Gasteiger partial charge is 0.478 e. The number of carbonyl (C=O) groups is 3. The van der Waals surface area contributed by atoms with E-state index in [1.54, 1.807) is 31.2 Å². The molecule has 26 heavy (non-hydrogen) atoms. The molecule has 1 aliphatic rings. The molecule has 2 rings (SSSR count). The third-order valence-electron chi connectivity index (χ3n) is 3.93. The van der Waals surface area contributed by atoms with Crippen molar-refractivity contribution in [2.75, 3.05) is 7.11 Å². The van der Waals surface area contributed by atoms with Crippen molar-refractivity contribution in [2.45, 2.75) is 19.8 Å². The number of halogens is 1. The quantitative estimate of drug-likeness (QED) is 0.607. The first-order chi connectivity index (χ1) is 12.3. The maximum absolute atomic E-state index is 12.5. The van der Waals surface area contributed by atoms with Crippen molar-refractivity contribution in [3.8, 4) is 0 Å². The lowest BCUT2D eigenvalue weighted by molar-refractivity contribution is -0.136. The Balaban J connectivity index is 2.80. The van der Waals surface area contributed by atoms with Crippen LogP contribution in [0.1, 0.15) is 25.3 Å². The summed E-state index contributed by atoms with van der Waals surface area (Å²) in [7, 11) is 1.21. The van der Waals surface area contributed by atoms with E-state index in [2.05, 4.69) is 5.32 Å². The van der Waals surface area contributed by atoms with Crippen LogP contribution in [0.4, 0.5) is 0 Å². The van der Waals surface area contributed by atoms with Crippen LogP contribution in [0.15, 0.2) is 59.0 Å². The third kappa shape index (κ3) is 3.86. The number of aliphatic carboxylic acids is 1. The number of ether oxygens (including phenoxy) is 1. The molecule has 0 bridgehead atoms. The van der Waals surface area contributed by atoms with Crippen molar-refractivity contribution >= 4 is 29.3 Å². The van der Waals surface area contributed by atoms with Crippen LogP contribution in [0.3, 0.4) is 0 Å². The highest BCUT2D eigenvalue weighted by molar-refractivity contribution is 6.31. The zero-order valence-electron chi connectivity index (χ0n) is 14.5. The van der Waals surface area contributed by atoms with E-state index in [4.69, 9.17) is 16.3 Å². The number of carbonyl (C=O) groups excluding carboxylic acids is 2. The normalized spacial score (nSPS) is 17.3. The molecule has 1 aliphatic heterocycles. The van der Waals surface area contributed by atoms with Crippen molar-refractivity contribution in [1.82, 2.24) is 5.32 Å². The van der Waals surface area contributed by atoms with Crippen molar-refractivity contribution in [2.24, 2.45) is 0 Å². The van der Waals surface area contributed by atoms with E-state index >= 15 is 0 Å². The summed E-state index contributed by atoms with van der Waals surface area (Å²) in [6, 6.07) is 6.69. The number of rotatable bonds is 5. The first-order valence-electron chi connectivity index (χ1n) is 7.74. The molecule has 0 saturated carbocycles. The number of dihydropyridines is 1. The van der Waals surface area contributed by atoms with Gasteiger partial charge in [-0.25, -0.2) is 9.59 Å². The van der Waals surface area contributed by atoms with Crippen LogP contribution in [-0.2, 0) is 19.1 Å². The van der Waals surface area contributed by atoms with Gasteiger partial charge in [-0.3, -0.25) is 4.79 Å². The van der Waals surface area contributed by atoms with Gasteiger partial charge in [0.1, 0.15) is 0 Å². The highest BCUT2D eigenvalue weighted by Crippen LogP contribution is 2.41. The molecular weight excluding hydrogens is 358 g/mol. The van der Waals surface area contributed by atoms with Crippen molar-refractivity contribution in [1.29, 1.82) is 0 Å². The van der Waals surface area contributed by atoms with Crippen LogP contribution >= 0.6 is 11.6 Å². The fraction of sp³-hybridized carbons (Fsp3) is 0.211. The SMILES string of the molecule is COC(=O)C1=C(/C=C/C(C)=O)NC(C)=C(C(=O)O)C1c1ccccc1Cl. The second-order valence-corrected chi connectivity index (χ2v) is 6.09. The van der Waals surface area contributed by atoms with Gasteiger partial charge < -0.3 is 15.2 Å². The third-order valence-corrected chi connectivity index (χ3v) is 4.27. The van der Waals surface area contributed by atoms with Crippen LogP contribution < -0.4 is 5.32 Å². The molecule has 1 heterocycles.